The lowest BCUT2D eigenvalue weighted by molar-refractivity contribution is -0.128. The maximum atomic E-state index is 12.4. The summed E-state index contributed by atoms with van der Waals surface area (Å²) in [5, 5.41) is 3.01. The minimum atomic E-state index is -0.454. The summed E-state index contributed by atoms with van der Waals surface area (Å²) in [7, 11) is 0. The minimum absolute atomic E-state index is 0.0401. The highest BCUT2D eigenvalue weighted by Gasteiger charge is 2.18. The first kappa shape index (κ1) is 21.0. The standard InChI is InChI=1S/C24H33NO2/c1-6-22(27-21-14-12-20(13-15-21)24(3,4)5)23(26)25-16-8-11-19-10-7-9-18(2)17-19/h7,9-10,12-15,17,22H,6,8,11,16H2,1-5H3,(H,25,26). The van der Waals surface area contributed by atoms with E-state index in [1.807, 2.05) is 19.1 Å². The largest absolute Gasteiger partial charge is 0.481 e. The molecule has 1 amide bonds. The predicted molar refractivity (Wildman–Crippen MR) is 112 cm³/mol. The van der Waals surface area contributed by atoms with E-state index < -0.39 is 6.10 Å². The number of amides is 1. The lowest BCUT2D eigenvalue weighted by Crippen LogP contribution is -2.38. The van der Waals surface area contributed by atoms with Gasteiger partial charge in [-0.3, -0.25) is 4.79 Å². The van der Waals surface area contributed by atoms with E-state index in [1.165, 1.54) is 16.7 Å². The molecular weight excluding hydrogens is 334 g/mol. The van der Waals surface area contributed by atoms with Gasteiger partial charge in [-0.15, -0.1) is 0 Å². The second-order valence-corrected chi connectivity index (χ2v) is 8.17. The van der Waals surface area contributed by atoms with Crippen molar-refractivity contribution in [3.05, 3.63) is 65.2 Å². The van der Waals surface area contributed by atoms with Crippen molar-refractivity contribution < 1.29 is 9.53 Å². The molecule has 0 aliphatic rings. The van der Waals surface area contributed by atoms with Gasteiger partial charge in [0.15, 0.2) is 6.10 Å². The van der Waals surface area contributed by atoms with Crippen molar-refractivity contribution in [3.8, 4) is 5.75 Å². The van der Waals surface area contributed by atoms with Gasteiger partial charge in [-0.05, 0) is 54.9 Å². The van der Waals surface area contributed by atoms with Crippen molar-refractivity contribution in [2.75, 3.05) is 6.54 Å². The lowest BCUT2D eigenvalue weighted by atomic mass is 9.87. The third kappa shape index (κ3) is 6.74. The predicted octanol–water partition coefficient (Wildman–Crippen LogP) is 5.20. The Morgan fingerprint density at radius 2 is 1.81 bits per heavy atom. The first-order chi connectivity index (χ1) is 12.8. The third-order valence-corrected chi connectivity index (χ3v) is 4.69. The number of benzene rings is 2. The zero-order chi connectivity index (χ0) is 19.9. The van der Waals surface area contributed by atoms with Crippen molar-refractivity contribution in [1.29, 1.82) is 0 Å². The molecule has 146 valence electrons. The molecule has 0 spiro atoms. The minimum Gasteiger partial charge on any atom is -0.481 e. The number of ether oxygens (including phenoxy) is 1. The fourth-order valence-electron chi connectivity index (χ4n) is 3.01. The Morgan fingerprint density at radius 1 is 1.11 bits per heavy atom. The smallest absolute Gasteiger partial charge is 0.261 e. The first-order valence-electron chi connectivity index (χ1n) is 9.90. The Kier molecular flexibility index (Phi) is 7.46. The number of aryl methyl sites for hydroxylation is 2. The van der Waals surface area contributed by atoms with Gasteiger partial charge in [-0.2, -0.15) is 0 Å². The maximum Gasteiger partial charge on any atom is 0.261 e. The van der Waals surface area contributed by atoms with Gasteiger partial charge in [0.2, 0.25) is 0 Å². The fourth-order valence-corrected chi connectivity index (χ4v) is 3.01. The molecule has 2 aromatic rings. The quantitative estimate of drug-likeness (QED) is 0.651. The molecule has 3 nitrogen and oxygen atoms in total. The van der Waals surface area contributed by atoms with Crippen molar-refractivity contribution in [2.45, 2.75) is 65.4 Å². The first-order valence-corrected chi connectivity index (χ1v) is 9.90. The number of hydrogen-bond donors (Lipinski definition) is 1. The molecular formula is C24H33NO2. The molecule has 0 aliphatic heterocycles. The molecule has 1 unspecified atom stereocenters. The van der Waals surface area contributed by atoms with E-state index in [2.05, 4.69) is 69.4 Å². The highest BCUT2D eigenvalue weighted by molar-refractivity contribution is 5.81. The molecule has 0 bridgehead atoms. The van der Waals surface area contributed by atoms with Crippen LogP contribution in [0.4, 0.5) is 0 Å². The molecule has 1 N–H and O–H groups in total. The molecule has 2 aromatic carbocycles. The van der Waals surface area contributed by atoms with Gasteiger partial charge in [0.25, 0.3) is 5.91 Å². The molecule has 0 saturated carbocycles. The molecule has 0 aromatic heterocycles. The van der Waals surface area contributed by atoms with Gasteiger partial charge in [-0.25, -0.2) is 0 Å². The van der Waals surface area contributed by atoms with E-state index in [0.29, 0.717) is 13.0 Å². The summed E-state index contributed by atoms with van der Waals surface area (Å²) in [6.07, 6.45) is 2.08. The van der Waals surface area contributed by atoms with Crippen LogP contribution in [0.2, 0.25) is 0 Å². The highest BCUT2D eigenvalue weighted by Crippen LogP contribution is 2.24. The van der Waals surface area contributed by atoms with Crippen LogP contribution in [0, 0.1) is 6.92 Å². The average Bonchev–Trinajstić information content (AvgIpc) is 2.63. The van der Waals surface area contributed by atoms with Gasteiger partial charge in [0, 0.05) is 6.54 Å². The van der Waals surface area contributed by atoms with Gasteiger partial charge in [0.1, 0.15) is 5.75 Å². The van der Waals surface area contributed by atoms with E-state index in [1.54, 1.807) is 0 Å². The molecule has 0 saturated heterocycles. The van der Waals surface area contributed by atoms with Crippen molar-refractivity contribution in [1.82, 2.24) is 5.32 Å². The third-order valence-electron chi connectivity index (χ3n) is 4.69. The van der Waals surface area contributed by atoms with E-state index >= 15 is 0 Å². The SMILES string of the molecule is CCC(Oc1ccc(C(C)(C)C)cc1)C(=O)NCCCc1cccc(C)c1. The van der Waals surface area contributed by atoms with Crippen LogP contribution in [-0.4, -0.2) is 18.6 Å². The molecule has 27 heavy (non-hydrogen) atoms. The average molecular weight is 368 g/mol. The van der Waals surface area contributed by atoms with Crippen LogP contribution in [0.15, 0.2) is 48.5 Å². The van der Waals surface area contributed by atoms with Gasteiger partial charge in [0.05, 0.1) is 0 Å². The zero-order valence-corrected chi connectivity index (χ0v) is 17.3. The lowest BCUT2D eigenvalue weighted by Gasteiger charge is -2.21. The summed E-state index contributed by atoms with van der Waals surface area (Å²) in [6.45, 7) is 11.3. The Hall–Kier alpha value is -2.29. The summed E-state index contributed by atoms with van der Waals surface area (Å²) in [5.74, 6) is 0.700. The van der Waals surface area contributed by atoms with E-state index in [4.69, 9.17) is 4.74 Å². The summed E-state index contributed by atoms with van der Waals surface area (Å²) < 4.78 is 5.91. The summed E-state index contributed by atoms with van der Waals surface area (Å²) in [4.78, 5) is 12.4. The van der Waals surface area contributed by atoms with Gasteiger partial charge < -0.3 is 10.1 Å². The molecule has 0 fully saturated rings. The number of hydrogen-bond acceptors (Lipinski definition) is 2. The van der Waals surface area contributed by atoms with Crippen LogP contribution in [0.3, 0.4) is 0 Å². The van der Waals surface area contributed by atoms with Crippen LogP contribution in [0.25, 0.3) is 0 Å². The Labute approximate surface area is 164 Å². The number of nitrogens with one attached hydrogen (secondary N) is 1. The van der Waals surface area contributed by atoms with Crippen LogP contribution in [0.1, 0.15) is 57.2 Å². The Morgan fingerprint density at radius 3 is 2.41 bits per heavy atom. The Bertz CT molecular complexity index is 729. The topological polar surface area (TPSA) is 38.3 Å². The fraction of sp³-hybridized carbons (Fsp3) is 0.458. The molecule has 0 heterocycles. The Balaban J connectivity index is 1.81. The zero-order valence-electron chi connectivity index (χ0n) is 17.3. The highest BCUT2D eigenvalue weighted by atomic mass is 16.5. The summed E-state index contributed by atoms with van der Waals surface area (Å²) in [5.41, 5.74) is 3.95. The normalized spacial score (nSPS) is 12.5. The van der Waals surface area contributed by atoms with Gasteiger partial charge in [-0.1, -0.05) is 69.7 Å². The van der Waals surface area contributed by atoms with E-state index in [9.17, 15) is 4.79 Å². The molecule has 0 radical (unpaired) electrons. The number of carbonyl (C=O) groups excluding carboxylic acids is 1. The van der Waals surface area contributed by atoms with Crippen molar-refractivity contribution >= 4 is 5.91 Å². The van der Waals surface area contributed by atoms with Crippen LogP contribution in [-0.2, 0) is 16.6 Å². The van der Waals surface area contributed by atoms with E-state index in [-0.39, 0.29) is 11.3 Å². The second-order valence-electron chi connectivity index (χ2n) is 8.17. The summed E-state index contributed by atoms with van der Waals surface area (Å²) >= 11 is 0. The molecule has 3 heteroatoms. The molecule has 2 rings (SSSR count). The monoisotopic (exact) mass is 367 g/mol. The molecule has 0 aliphatic carbocycles. The second kappa shape index (κ2) is 9.59. The number of rotatable bonds is 8. The number of carbonyl (C=O) groups is 1. The van der Waals surface area contributed by atoms with Gasteiger partial charge >= 0.3 is 0 Å². The van der Waals surface area contributed by atoms with Crippen LogP contribution >= 0.6 is 0 Å². The van der Waals surface area contributed by atoms with Crippen LogP contribution in [0.5, 0.6) is 5.75 Å². The van der Waals surface area contributed by atoms with E-state index in [0.717, 1.165) is 18.6 Å². The summed E-state index contributed by atoms with van der Waals surface area (Å²) in [6, 6.07) is 16.6. The van der Waals surface area contributed by atoms with Crippen LogP contribution < -0.4 is 10.1 Å². The van der Waals surface area contributed by atoms with Crippen molar-refractivity contribution in [2.24, 2.45) is 0 Å². The maximum absolute atomic E-state index is 12.4. The molecule has 1 atom stereocenters. The van der Waals surface area contributed by atoms with Crippen molar-refractivity contribution in [3.63, 3.8) is 0 Å².